The van der Waals surface area contributed by atoms with E-state index in [2.05, 4.69) is 15.6 Å². The van der Waals surface area contributed by atoms with Crippen molar-refractivity contribution in [2.75, 3.05) is 52.4 Å². The number of carboxylic acid groups (broad SMARTS) is 1. The lowest BCUT2D eigenvalue weighted by molar-refractivity contribution is -0.122. The number of ether oxygens (including phenoxy) is 2. The Kier molecular flexibility index (Phi) is 10.8. The Balaban J connectivity index is 1.35. The predicted molar refractivity (Wildman–Crippen MR) is 148 cm³/mol. The SMILES string of the molecule is COc1cc(C)c(S(=O)(=O)CNCCOCC(=O)CNCc2ccc(C3=NCCN3C(=O)O)cc2Cl)c(C)c1. The van der Waals surface area contributed by atoms with Crippen molar-refractivity contribution in [3.8, 4) is 5.75 Å². The van der Waals surface area contributed by atoms with Crippen LogP contribution in [-0.4, -0.2) is 88.5 Å². The van der Waals surface area contributed by atoms with Crippen molar-refractivity contribution in [2.24, 2.45) is 4.99 Å². The number of halogens is 1. The van der Waals surface area contributed by atoms with Crippen molar-refractivity contribution < 1.29 is 32.6 Å². The van der Waals surface area contributed by atoms with Crippen molar-refractivity contribution >= 4 is 39.2 Å². The highest BCUT2D eigenvalue weighted by atomic mass is 35.5. The Morgan fingerprint density at radius 3 is 2.51 bits per heavy atom. The van der Waals surface area contributed by atoms with Crippen molar-refractivity contribution in [1.82, 2.24) is 15.5 Å². The van der Waals surface area contributed by atoms with Gasteiger partial charge < -0.3 is 25.2 Å². The first-order valence-corrected chi connectivity index (χ1v) is 14.3. The number of sulfone groups is 1. The molecule has 0 unspecified atom stereocenters. The molecule has 0 spiro atoms. The molecule has 39 heavy (non-hydrogen) atoms. The van der Waals surface area contributed by atoms with Crippen molar-refractivity contribution in [2.45, 2.75) is 25.3 Å². The summed E-state index contributed by atoms with van der Waals surface area (Å²) >= 11 is 6.36. The van der Waals surface area contributed by atoms with Crippen LogP contribution >= 0.6 is 11.6 Å². The molecular weight excluding hydrogens is 548 g/mol. The molecule has 3 N–H and O–H groups in total. The van der Waals surface area contributed by atoms with Crippen LogP contribution < -0.4 is 15.4 Å². The maximum atomic E-state index is 12.8. The van der Waals surface area contributed by atoms with Gasteiger partial charge in [-0.1, -0.05) is 23.7 Å². The molecule has 0 aromatic heterocycles. The molecule has 1 aliphatic heterocycles. The number of benzene rings is 2. The molecule has 0 fully saturated rings. The number of hydrogen-bond acceptors (Lipinski definition) is 9. The lowest BCUT2D eigenvalue weighted by Crippen LogP contribution is -2.33. The van der Waals surface area contributed by atoms with Crippen LogP contribution in [0.2, 0.25) is 5.02 Å². The van der Waals surface area contributed by atoms with E-state index >= 15 is 0 Å². The second-order valence-corrected chi connectivity index (χ2v) is 11.3. The van der Waals surface area contributed by atoms with Gasteiger partial charge in [0.2, 0.25) is 0 Å². The fourth-order valence-electron chi connectivity index (χ4n) is 4.23. The molecule has 0 radical (unpaired) electrons. The van der Waals surface area contributed by atoms with Crippen LogP contribution in [0.25, 0.3) is 0 Å². The maximum absolute atomic E-state index is 12.8. The van der Waals surface area contributed by atoms with E-state index in [0.29, 0.717) is 52.9 Å². The van der Waals surface area contributed by atoms with E-state index in [1.807, 2.05) is 0 Å². The number of rotatable bonds is 14. The third-order valence-corrected chi connectivity index (χ3v) is 8.18. The van der Waals surface area contributed by atoms with E-state index in [1.54, 1.807) is 44.2 Å². The highest BCUT2D eigenvalue weighted by molar-refractivity contribution is 7.91. The van der Waals surface area contributed by atoms with E-state index in [9.17, 15) is 23.1 Å². The molecule has 212 valence electrons. The van der Waals surface area contributed by atoms with Crippen LogP contribution in [0.1, 0.15) is 22.3 Å². The number of hydrogen-bond donors (Lipinski definition) is 3. The number of carbonyl (C=O) groups is 2. The van der Waals surface area contributed by atoms with Gasteiger partial charge in [-0.2, -0.15) is 0 Å². The van der Waals surface area contributed by atoms with Gasteiger partial charge >= 0.3 is 6.09 Å². The molecule has 3 rings (SSSR count). The fourth-order valence-corrected chi connectivity index (χ4v) is 6.13. The second kappa shape index (κ2) is 13.9. The number of carbonyl (C=O) groups excluding carboxylic acids is 1. The molecular formula is C26H33ClN4O7S. The normalized spacial score (nSPS) is 13.4. The number of Topliss-reactive ketones (excluding diaryl/α,β-unsaturated/α-hetero) is 1. The van der Waals surface area contributed by atoms with Gasteiger partial charge in [0.15, 0.2) is 15.6 Å². The minimum Gasteiger partial charge on any atom is -0.497 e. The van der Waals surface area contributed by atoms with Crippen molar-refractivity contribution in [3.63, 3.8) is 0 Å². The largest absolute Gasteiger partial charge is 0.497 e. The highest BCUT2D eigenvalue weighted by Gasteiger charge is 2.24. The summed E-state index contributed by atoms with van der Waals surface area (Å²) < 4.78 is 36.1. The molecule has 0 saturated carbocycles. The van der Waals surface area contributed by atoms with Crippen molar-refractivity contribution in [3.05, 3.63) is 57.6 Å². The van der Waals surface area contributed by atoms with Crippen LogP contribution in [0.3, 0.4) is 0 Å². The number of amidine groups is 1. The van der Waals surface area contributed by atoms with Gasteiger partial charge in [-0.25, -0.2) is 13.2 Å². The lowest BCUT2D eigenvalue weighted by Gasteiger charge is -2.15. The molecule has 2 aromatic rings. The van der Waals surface area contributed by atoms with E-state index in [1.165, 1.54) is 12.0 Å². The van der Waals surface area contributed by atoms with E-state index in [-0.39, 0.29) is 42.9 Å². The summed E-state index contributed by atoms with van der Waals surface area (Å²) in [5.74, 6) is 0.557. The Hall–Kier alpha value is -3.03. The maximum Gasteiger partial charge on any atom is 0.413 e. The summed E-state index contributed by atoms with van der Waals surface area (Å²) in [6, 6.07) is 8.55. The van der Waals surface area contributed by atoms with Gasteiger partial charge in [-0.05, 0) is 48.7 Å². The zero-order valence-corrected chi connectivity index (χ0v) is 23.7. The quantitative estimate of drug-likeness (QED) is 0.287. The Labute approximate surface area is 233 Å². The Morgan fingerprint density at radius 2 is 1.87 bits per heavy atom. The minimum atomic E-state index is -3.55. The first-order chi connectivity index (χ1) is 18.5. The van der Waals surface area contributed by atoms with Crippen molar-refractivity contribution in [1.29, 1.82) is 0 Å². The average Bonchev–Trinajstić information content (AvgIpc) is 3.37. The van der Waals surface area contributed by atoms with Crippen LogP contribution in [0.5, 0.6) is 5.75 Å². The highest BCUT2D eigenvalue weighted by Crippen LogP contribution is 2.26. The zero-order chi connectivity index (χ0) is 28.6. The Bertz CT molecular complexity index is 1320. The second-order valence-electron chi connectivity index (χ2n) is 8.99. The number of methoxy groups -OCH3 is 1. The van der Waals surface area contributed by atoms with Gasteiger partial charge in [-0.15, -0.1) is 0 Å². The third kappa shape index (κ3) is 8.23. The molecule has 1 aliphatic rings. The lowest BCUT2D eigenvalue weighted by atomic mass is 10.1. The van der Waals surface area contributed by atoms with Crippen LogP contribution in [0.15, 0.2) is 40.2 Å². The van der Waals surface area contributed by atoms with E-state index in [0.717, 1.165) is 5.56 Å². The molecule has 11 nitrogen and oxygen atoms in total. The first kappa shape index (κ1) is 30.5. The summed E-state index contributed by atoms with van der Waals surface area (Å²) in [6.45, 7) is 4.91. The summed E-state index contributed by atoms with van der Waals surface area (Å²) in [4.78, 5) is 29.2. The molecule has 13 heteroatoms. The molecule has 1 amide bonds. The summed E-state index contributed by atoms with van der Waals surface area (Å²) in [6.07, 6.45) is -1.06. The van der Waals surface area contributed by atoms with Gasteiger partial charge in [0.1, 0.15) is 24.1 Å². The van der Waals surface area contributed by atoms with Gasteiger partial charge in [0.25, 0.3) is 0 Å². The molecule has 1 heterocycles. The smallest absolute Gasteiger partial charge is 0.413 e. The topological polar surface area (TPSA) is 147 Å². The van der Waals surface area contributed by atoms with E-state index in [4.69, 9.17) is 21.1 Å². The monoisotopic (exact) mass is 580 g/mol. The van der Waals surface area contributed by atoms with Gasteiger partial charge in [0, 0.05) is 23.7 Å². The van der Waals surface area contributed by atoms with Crippen LogP contribution in [0.4, 0.5) is 4.79 Å². The standard InChI is InChI=1S/C26H33ClN4O7S/c1-17-10-22(37-3)11-18(2)24(17)39(35,36)16-28-7-9-38-15-21(32)14-29-13-20-5-4-19(12-23(20)27)25-30-6-8-31(25)26(33)34/h4-5,10-12,28-29H,6-9,13-16H2,1-3H3,(H,33,34). The molecule has 2 aromatic carbocycles. The number of amides is 1. The fraction of sp³-hybridized carbons (Fsp3) is 0.423. The zero-order valence-electron chi connectivity index (χ0n) is 22.1. The summed E-state index contributed by atoms with van der Waals surface area (Å²) in [7, 11) is -2.02. The van der Waals surface area contributed by atoms with Crippen LogP contribution in [-0.2, 0) is 25.9 Å². The molecule has 0 saturated heterocycles. The van der Waals surface area contributed by atoms with Crippen LogP contribution in [0, 0.1) is 13.8 Å². The van der Waals surface area contributed by atoms with E-state index < -0.39 is 15.9 Å². The van der Waals surface area contributed by atoms with Gasteiger partial charge in [0.05, 0.1) is 38.2 Å². The molecule has 0 aliphatic carbocycles. The average molecular weight is 581 g/mol. The number of aryl methyl sites for hydroxylation is 2. The third-order valence-electron chi connectivity index (χ3n) is 5.98. The molecule has 0 bridgehead atoms. The minimum absolute atomic E-state index is 0.0649. The number of aliphatic imine (C=N–C) groups is 1. The number of nitrogens with one attached hydrogen (secondary N) is 2. The van der Waals surface area contributed by atoms with Gasteiger partial charge in [-0.3, -0.25) is 14.7 Å². The molecule has 0 atom stereocenters. The first-order valence-electron chi connectivity index (χ1n) is 12.3. The number of ketones is 1. The summed E-state index contributed by atoms with van der Waals surface area (Å²) in [5.41, 5.74) is 2.60. The predicted octanol–water partition coefficient (Wildman–Crippen LogP) is 2.40. The number of nitrogens with zero attached hydrogens (tertiary/aromatic N) is 2. The Morgan fingerprint density at radius 1 is 1.15 bits per heavy atom. The summed E-state index contributed by atoms with van der Waals surface area (Å²) in [5, 5.41) is 15.6.